The lowest BCUT2D eigenvalue weighted by atomic mass is 10.2. The smallest absolute Gasteiger partial charge is 0.415 e. The average Bonchev–Trinajstić information content (AvgIpc) is 3.49. The van der Waals surface area contributed by atoms with Gasteiger partial charge in [0, 0.05) is 18.9 Å². The molecule has 2 aromatic heterocycles. The molecule has 4 aromatic rings. The summed E-state index contributed by atoms with van der Waals surface area (Å²) in [5.74, 6) is -0.890. The molecule has 4 rings (SSSR count). The number of alkyl halides is 3. The van der Waals surface area contributed by atoms with Crippen molar-refractivity contribution < 1.29 is 30.8 Å². The quantitative estimate of drug-likeness (QED) is 0.368. The Morgan fingerprint density at radius 3 is 2.49 bits per heavy atom. The number of nitrogens with zero attached hydrogens (tertiary/aromatic N) is 4. The molecule has 1 amide bonds. The molecular weight excluding hydrogens is 513 g/mol. The molecule has 1 atom stereocenters. The first-order chi connectivity index (χ1) is 17.3. The highest BCUT2D eigenvalue weighted by atomic mass is 32.2. The van der Waals surface area contributed by atoms with Crippen LogP contribution in [0.5, 0.6) is 0 Å². The maximum absolute atomic E-state index is 13.6. The Morgan fingerprint density at radius 1 is 1.11 bits per heavy atom. The molecule has 3 N–H and O–H groups in total. The van der Waals surface area contributed by atoms with Gasteiger partial charge in [0.25, 0.3) is 5.89 Å². The van der Waals surface area contributed by atoms with Gasteiger partial charge in [-0.1, -0.05) is 24.3 Å². The molecule has 37 heavy (non-hydrogen) atoms. The monoisotopic (exact) mass is 534 g/mol. The highest BCUT2D eigenvalue weighted by Gasteiger charge is 2.36. The first kappa shape index (κ1) is 26.0. The number of halogens is 3. The van der Waals surface area contributed by atoms with Gasteiger partial charge in [-0.25, -0.2) is 13.1 Å². The topological polar surface area (TPSA) is 146 Å². The Balaban J connectivity index is 1.77. The molecule has 2 heterocycles. The van der Waals surface area contributed by atoms with Crippen molar-refractivity contribution in [2.75, 3.05) is 6.26 Å². The summed E-state index contributed by atoms with van der Waals surface area (Å²) in [5.41, 5.74) is 5.09. The number of sulfone groups is 1. The molecule has 0 aliphatic heterocycles. The maximum Gasteiger partial charge on any atom is 0.435 e. The Bertz CT molecular complexity index is 1560. The second kappa shape index (κ2) is 9.78. The number of amides is 1. The molecule has 0 fully saturated rings. The van der Waals surface area contributed by atoms with Crippen molar-refractivity contribution in [3.8, 4) is 28.7 Å². The number of carbonyl (C=O) groups excluding carboxylic acids is 1. The van der Waals surface area contributed by atoms with Gasteiger partial charge in [0.15, 0.2) is 15.5 Å². The van der Waals surface area contributed by atoms with E-state index in [0.717, 1.165) is 17.0 Å². The fourth-order valence-corrected chi connectivity index (χ4v) is 4.30. The number of carbonyl (C=O) groups is 1. The predicted molar refractivity (Wildman–Crippen MR) is 126 cm³/mol. The normalized spacial score (nSPS) is 12.9. The van der Waals surface area contributed by atoms with Crippen molar-refractivity contribution in [2.24, 2.45) is 5.73 Å². The molecule has 0 saturated heterocycles. The molecule has 10 nitrogen and oxygen atoms in total. The minimum absolute atomic E-state index is 0.0729. The lowest BCUT2D eigenvalue weighted by Gasteiger charge is -2.10. The van der Waals surface area contributed by atoms with Crippen LogP contribution in [0.25, 0.3) is 28.7 Å². The number of aromatic nitrogens is 4. The summed E-state index contributed by atoms with van der Waals surface area (Å²) in [7, 11) is -3.66. The fourth-order valence-electron chi connectivity index (χ4n) is 3.42. The van der Waals surface area contributed by atoms with Gasteiger partial charge in [0.1, 0.15) is 5.69 Å². The van der Waals surface area contributed by atoms with Crippen LogP contribution in [0.2, 0.25) is 0 Å². The molecule has 0 spiro atoms. The first-order valence-electron chi connectivity index (χ1n) is 10.8. The molecule has 14 heteroatoms. The van der Waals surface area contributed by atoms with Crippen LogP contribution in [0.15, 0.2) is 63.9 Å². The van der Waals surface area contributed by atoms with Crippen LogP contribution in [0, 0.1) is 0 Å². The van der Waals surface area contributed by atoms with Crippen molar-refractivity contribution in [2.45, 2.75) is 30.6 Å². The number of benzene rings is 2. The van der Waals surface area contributed by atoms with Crippen molar-refractivity contribution in [1.82, 2.24) is 25.3 Å². The van der Waals surface area contributed by atoms with E-state index in [2.05, 4.69) is 20.6 Å². The number of rotatable bonds is 7. The minimum atomic E-state index is -4.77. The van der Waals surface area contributed by atoms with Gasteiger partial charge in [-0.3, -0.25) is 4.79 Å². The summed E-state index contributed by atoms with van der Waals surface area (Å²) in [4.78, 5) is 11.7. The SMILES string of the molecule is C[C@H](N)C(=O)NCc1cccc(-n2nc(C(F)(F)F)cc2-c2nnc(-c3ccccc3S(C)(=O)=O)o2)c1. The summed E-state index contributed by atoms with van der Waals surface area (Å²) in [6.07, 6.45) is -3.76. The number of hydrogen-bond donors (Lipinski definition) is 2. The Kier molecular flexibility index (Phi) is 6.88. The maximum atomic E-state index is 13.6. The largest absolute Gasteiger partial charge is 0.435 e. The van der Waals surface area contributed by atoms with E-state index < -0.39 is 33.7 Å². The molecule has 0 unspecified atom stereocenters. The number of nitrogens with two attached hydrogens (primary N) is 1. The summed E-state index contributed by atoms with van der Waals surface area (Å²) < 4.78 is 71.6. The van der Waals surface area contributed by atoms with Crippen LogP contribution in [0.3, 0.4) is 0 Å². The molecule has 0 saturated carbocycles. The summed E-state index contributed by atoms with van der Waals surface area (Å²) >= 11 is 0. The Morgan fingerprint density at radius 2 is 1.81 bits per heavy atom. The van der Waals surface area contributed by atoms with Crippen molar-refractivity contribution in [3.63, 3.8) is 0 Å². The Hall–Kier alpha value is -4.04. The van der Waals surface area contributed by atoms with Crippen molar-refractivity contribution in [3.05, 3.63) is 65.9 Å². The molecule has 2 aromatic carbocycles. The zero-order valence-corrected chi connectivity index (χ0v) is 20.3. The molecule has 0 aliphatic carbocycles. The van der Waals surface area contributed by atoms with Crippen molar-refractivity contribution >= 4 is 15.7 Å². The fraction of sp³-hybridized carbons (Fsp3) is 0.217. The third-order valence-electron chi connectivity index (χ3n) is 5.20. The van der Waals surface area contributed by atoms with Crippen LogP contribution in [0.4, 0.5) is 13.2 Å². The van der Waals surface area contributed by atoms with Crippen LogP contribution in [-0.2, 0) is 27.4 Å². The van der Waals surface area contributed by atoms with E-state index in [1.54, 1.807) is 18.2 Å². The van der Waals surface area contributed by atoms with E-state index in [9.17, 15) is 26.4 Å². The van der Waals surface area contributed by atoms with E-state index >= 15 is 0 Å². The second-order valence-electron chi connectivity index (χ2n) is 8.18. The van der Waals surface area contributed by atoms with E-state index in [1.807, 2.05) is 0 Å². The highest BCUT2D eigenvalue weighted by Crippen LogP contribution is 2.34. The zero-order chi connectivity index (χ0) is 27.0. The molecule has 0 bridgehead atoms. The third kappa shape index (κ3) is 5.70. The number of nitrogens with one attached hydrogen (secondary N) is 1. The predicted octanol–water partition coefficient (Wildman–Crippen LogP) is 2.98. The van der Waals surface area contributed by atoms with Gasteiger partial charge in [-0.2, -0.15) is 18.3 Å². The van der Waals surface area contributed by atoms with Crippen LogP contribution >= 0.6 is 0 Å². The van der Waals surface area contributed by atoms with Crippen molar-refractivity contribution in [1.29, 1.82) is 0 Å². The number of hydrogen-bond acceptors (Lipinski definition) is 8. The van der Waals surface area contributed by atoms with Gasteiger partial charge in [-0.05, 0) is 36.8 Å². The zero-order valence-electron chi connectivity index (χ0n) is 19.5. The van der Waals surface area contributed by atoms with E-state index in [0.29, 0.717) is 5.56 Å². The van der Waals surface area contributed by atoms with Gasteiger partial charge in [0.05, 0.1) is 22.2 Å². The van der Waals surface area contributed by atoms with Gasteiger partial charge in [0.2, 0.25) is 11.8 Å². The molecule has 194 valence electrons. The summed E-state index contributed by atoms with van der Waals surface area (Å²) in [6.45, 7) is 1.61. The second-order valence-corrected chi connectivity index (χ2v) is 10.2. The van der Waals surface area contributed by atoms with E-state index in [4.69, 9.17) is 10.2 Å². The van der Waals surface area contributed by atoms with E-state index in [1.165, 1.54) is 37.3 Å². The molecular formula is C23H21F3N6O4S. The van der Waals surface area contributed by atoms with Gasteiger partial charge >= 0.3 is 6.18 Å². The average molecular weight is 535 g/mol. The summed E-state index contributed by atoms with van der Waals surface area (Å²) in [6, 6.07) is 12.2. The lowest BCUT2D eigenvalue weighted by Crippen LogP contribution is -2.37. The highest BCUT2D eigenvalue weighted by molar-refractivity contribution is 7.90. The Labute approximate surface area is 209 Å². The molecule has 0 aliphatic rings. The van der Waals surface area contributed by atoms with Crippen LogP contribution in [-0.4, -0.2) is 46.6 Å². The third-order valence-corrected chi connectivity index (χ3v) is 6.35. The lowest BCUT2D eigenvalue weighted by molar-refractivity contribution is -0.141. The van der Waals surface area contributed by atoms with Gasteiger partial charge in [-0.15, -0.1) is 10.2 Å². The van der Waals surface area contributed by atoms with Crippen LogP contribution < -0.4 is 11.1 Å². The molecule has 0 radical (unpaired) electrons. The standard InChI is InChI=1S/C23H21F3N6O4S/c1-13(27)20(33)28-12-14-6-5-7-15(10-14)32-17(11-19(31-32)23(24,25)26)22-30-29-21(36-22)16-8-3-4-9-18(16)37(2,34)35/h3-11,13H,12,27H2,1-2H3,(H,28,33)/t13-/m0/s1. The summed E-state index contributed by atoms with van der Waals surface area (Å²) in [5, 5.41) is 14.0. The van der Waals surface area contributed by atoms with Crippen LogP contribution in [0.1, 0.15) is 18.2 Å². The van der Waals surface area contributed by atoms with E-state index in [-0.39, 0.29) is 40.2 Å². The van der Waals surface area contributed by atoms with Gasteiger partial charge < -0.3 is 15.5 Å². The first-order valence-corrected chi connectivity index (χ1v) is 12.7. The minimum Gasteiger partial charge on any atom is -0.415 e.